The van der Waals surface area contributed by atoms with Gasteiger partial charge in [0.2, 0.25) is 0 Å². The topological polar surface area (TPSA) is 60.0 Å². The first-order valence-corrected chi connectivity index (χ1v) is 7.73. The molecule has 0 radical (unpaired) electrons. The number of fused-ring (bicyclic) bond motifs is 1. The lowest BCUT2D eigenvalue weighted by Crippen LogP contribution is -2.26. The molecular formula is C18H16FN3O2. The van der Waals surface area contributed by atoms with Crippen LogP contribution in [-0.4, -0.2) is 19.5 Å². The maximum atomic E-state index is 13.1. The monoisotopic (exact) mass is 325 g/mol. The molecule has 3 aromatic rings. The van der Waals surface area contributed by atoms with Gasteiger partial charge in [0.15, 0.2) is 5.82 Å². The van der Waals surface area contributed by atoms with Gasteiger partial charge in [0.1, 0.15) is 11.4 Å². The molecule has 122 valence electrons. The van der Waals surface area contributed by atoms with E-state index in [0.717, 1.165) is 5.56 Å². The molecule has 1 aliphatic heterocycles. The molecule has 0 saturated heterocycles. The van der Waals surface area contributed by atoms with E-state index < -0.39 is 5.60 Å². The fourth-order valence-corrected chi connectivity index (χ4v) is 3.28. The van der Waals surface area contributed by atoms with Crippen molar-refractivity contribution in [3.63, 3.8) is 0 Å². The van der Waals surface area contributed by atoms with E-state index in [1.165, 1.54) is 33.5 Å². The summed E-state index contributed by atoms with van der Waals surface area (Å²) in [5, 5.41) is 15.0. The van der Waals surface area contributed by atoms with Crippen molar-refractivity contribution in [3.05, 3.63) is 82.3 Å². The van der Waals surface area contributed by atoms with Crippen LogP contribution in [-0.2, 0) is 5.60 Å². The fourth-order valence-electron chi connectivity index (χ4n) is 3.28. The van der Waals surface area contributed by atoms with Crippen LogP contribution in [0.25, 0.3) is 5.69 Å². The van der Waals surface area contributed by atoms with E-state index in [1.54, 1.807) is 6.92 Å². The number of halogens is 1. The van der Waals surface area contributed by atoms with Crippen LogP contribution in [0.4, 0.5) is 4.39 Å². The maximum Gasteiger partial charge on any atom is 0.351 e. The molecular weight excluding hydrogens is 309 g/mol. The second-order valence-corrected chi connectivity index (χ2v) is 6.27. The summed E-state index contributed by atoms with van der Waals surface area (Å²) in [6.07, 6.45) is 0.388. The lowest BCUT2D eigenvalue weighted by atomic mass is 9.97. The molecule has 0 spiro atoms. The molecule has 0 amide bonds. The second-order valence-electron chi connectivity index (χ2n) is 6.27. The van der Waals surface area contributed by atoms with Crippen molar-refractivity contribution in [1.82, 2.24) is 14.3 Å². The van der Waals surface area contributed by atoms with Crippen LogP contribution < -0.4 is 5.69 Å². The van der Waals surface area contributed by atoms with Gasteiger partial charge in [-0.2, -0.15) is 4.68 Å². The normalized spacial score (nSPS) is 22.5. The predicted octanol–water partition coefficient (Wildman–Crippen LogP) is 2.37. The van der Waals surface area contributed by atoms with E-state index in [-0.39, 0.29) is 17.5 Å². The van der Waals surface area contributed by atoms with Gasteiger partial charge >= 0.3 is 5.69 Å². The number of aliphatic hydroxyl groups is 1. The molecule has 0 bridgehead atoms. The number of benzene rings is 2. The first-order chi connectivity index (χ1) is 11.5. The second kappa shape index (κ2) is 5.14. The molecule has 1 N–H and O–H groups in total. The zero-order chi connectivity index (χ0) is 16.9. The number of rotatable bonds is 2. The van der Waals surface area contributed by atoms with Crippen LogP contribution in [0.15, 0.2) is 59.4 Å². The molecule has 5 nitrogen and oxygen atoms in total. The van der Waals surface area contributed by atoms with Gasteiger partial charge in [-0.05, 0) is 36.8 Å². The van der Waals surface area contributed by atoms with E-state index in [1.807, 2.05) is 30.3 Å². The van der Waals surface area contributed by atoms with E-state index in [0.29, 0.717) is 17.9 Å². The first kappa shape index (κ1) is 14.8. The van der Waals surface area contributed by atoms with Crippen molar-refractivity contribution >= 4 is 0 Å². The third-order valence-electron chi connectivity index (χ3n) is 4.45. The Bertz CT molecular complexity index is 943. The highest BCUT2D eigenvalue weighted by Gasteiger charge is 2.44. The molecule has 2 atom stereocenters. The van der Waals surface area contributed by atoms with E-state index >= 15 is 0 Å². The Balaban J connectivity index is 1.89. The van der Waals surface area contributed by atoms with Gasteiger partial charge in [0.05, 0.1) is 11.7 Å². The molecule has 2 heterocycles. The molecule has 0 fully saturated rings. The lowest BCUT2D eigenvalue weighted by molar-refractivity contribution is 0.0512. The smallest absolute Gasteiger partial charge is 0.351 e. The Hall–Kier alpha value is -2.73. The van der Waals surface area contributed by atoms with Crippen LogP contribution in [0.3, 0.4) is 0 Å². The average Bonchev–Trinajstić information content (AvgIpc) is 3.05. The summed E-state index contributed by atoms with van der Waals surface area (Å²) < 4.78 is 15.9. The minimum Gasteiger partial charge on any atom is -0.382 e. The molecule has 2 aromatic carbocycles. The fraction of sp³-hybridized carbons (Fsp3) is 0.222. The molecule has 0 unspecified atom stereocenters. The van der Waals surface area contributed by atoms with Gasteiger partial charge in [-0.3, -0.25) is 4.57 Å². The highest BCUT2D eigenvalue weighted by molar-refractivity contribution is 5.32. The van der Waals surface area contributed by atoms with Gasteiger partial charge in [0.25, 0.3) is 0 Å². The molecule has 6 heteroatoms. The number of hydrogen-bond acceptors (Lipinski definition) is 3. The highest BCUT2D eigenvalue weighted by Crippen LogP contribution is 2.40. The lowest BCUT2D eigenvalue weighted by Gasteiger charge is -2.16. The predicted molar refractivity (Wildman–Crippen MR) is 86.6 cm³/mol. The third-order valence-corrected chi connectivity index (χ3v) is 4.45. The summed E-state index contributed by atoms with van der Waals surface area (Å²) in [4.78, 5) is 12.9. The van der Waals surface area contributed by atoms with Gasteiger partial charge in [-0.25, -0.2) is 9.18 Å². The molecule has 4 rings (SSSR count). The average molecular weight is 325 g/mol. The minimum atomic E-state index is -1.20. The zero-order valence-corrected chi connectivity index (χ0v) is 13.1. The maximum absolute atomic E-state index is 13.1. The zero-order valence-electron chi connectivity index (χ0n) is 13.1. The largest absolute Gasteiger partial charge is 0.382 e. The van der Waals surface area contributed by atoms with E-state index in [9.17, 15) is 14.3 Å². The van der Waals surface area contributed by atoms with Crippen molar-refractivity contribution in [1.29, 1.82) is 0 Å². The first-order valence-electron chi connectivity index (χ1n) is 7.73. The van der Waals surface area contributed by atoms with Crippen molar-refractivity contribution in [2.45, 2.75) is 25.0 Å². The van der Waals surface area contributed by atoms with Crippen LogP contribution in [0.5, 0.6) is 0 Å². The van der Waals surface area contributed by atoms with Crippen molar-refractivity contribution < 1.29 is 9.50 Å². The number of aromatic nitrogens is 3. The Morgan fingerprint density at radius 3 is 2.50 bits per heavy atom. The van der Waals surface area contributed by atoms with Crippen molar-refractivity contribution in [3.8, 4) is 5.69 Å². The van der Waals surface area contributed by atoms with Gasteiger partial charge in [0, 0.05) is 6.42 Å². The molecule has 1 aliphatic rings. The molecule has 0 aliphatic carbocycles. The standard InChI is InChI=1S/C18H16FN3O2/c1-18(24)11-15(12-5-3-2-4-6-12)21-16(18)20-22(17(21)23)14-9-7-13(19)8-10-14/h2-10,15,24H,11H2,1H3/t15-,18+/m0/s1. The van der Waals surface area contributed by atoms with Gasteiger partial charge < -0.3 is 5.11 Å². The van der Waals surface area contributed by atoms with E-state index in [4.69, 9.17) is 0 Å². The SMILES string of the molecule is C[C@@]1(O)C[C@@H](c2ccccc2)n2c1nn(-c1ccc(F)cc1)c2=O. The molecule has 24 heavy (non-hydrogen) atoms. The number of hydrogen-bond donors (Lipinski definition) is 1. The van der Waals surface area contributed by atoms with Gasteiger partial charge in [-0.15, -0.1) is 5.10 Å². The molecule has 1 aromatic heterocycles. The Morgan fingerprint density at radius 2 is 1.83 bits per heavy atom. The van der Waals surface area contributed by atoms with Crippen LogP contribution in [0, 0.1) is 5.82 Å². The van der Waals surface area contributed by atoms with Crippen LogP contribution in [0.2, 0.25) is 0 Å². The molecule has 0 saturated carbocycles. The highest BCUT2D eigenvalue weighted by atomic mass is 19.1. The van der Waals surface area contributed by atoms with Crippen molar-refractivity contribution in [2.75, 3.05) is 0 Å². The summed E-state index contributed by atoms with van der Waals surface area (Å²) >= 11 is 0. The van der Waals surface area contributed by atoms with Crippen LogP contribution in [0.1, 0.15) is 30.8 Å². The Kier molecular flexibility index (Phi) is 3.18. The van der Waals surface area contributed by atoms with Crippen LogP contribution >= 0.6 is 0 Å². The minimum absolute atomic E-state index is 0.280. The summed E-state index contributed by atoms with van der Waals surface area (Å²) in [5.41, 5.74) is -0.142. The summed E-state index contributed by atoms with van der Waals surface area (Å²) in [7, 11) is 0. The Labute approximate surface area is 137 Å². The Morgan fingerprint density at radius 1 is 1.17 bits per heavy atom. The number of nitrogens with zero attached hydrogens (tertiary/aromatic N) is 3. The van der Waals surface area contributed by atoms with Gasteiger partial charge in [-0.1, -0.05) is 30.3 Å². The van der Waals surface area contributed by atoms with E-state index in [2.05, 4.69) is 5.10 Å². The summed E-state index contributed by atoms with van der Waals surface area (Å²) in [6, 6.07) is 14.8. The quantitative estimate of drug-likeness (QED) is 0.787. The van der Waals surface area contributed by atoms with Crippen molar-refractivity contribution in [2.24, 2.45) is 0 Å². The summed E-state index contributed by atoms with van der Waals surface area (Å²) in [6.45, 7) is 1.66. The summed E-state index contributed by atoms with van der Waals surface area (Å²) in [5.74, 6) is -0.0571. The third kappa shape index (κ3) is 2.18.